The lowest BCUT2D eigenvalue weighted by Crippen LogP contribution is -2.55. The van der Waals surface area contributed by atoms with E-state index in [2.05, 4.69) is 31.1 Å². The number of alkyl carbamates (subject to hydrolysis) is 1. The summed E-state index contributed by atoms with van der Waals surface area (Å²) in [6.07, 6.45) is 2.10. The molecule has 0 bridgehead atoms. The smallest absolute Gasteiger partial charge is 0.408 e. The molecule has 0 fully saturated rings. The van der Waals surface area contributed by atoms with Gasteiger partial charge < -0.3 is 26.0 Å². The van der Waals surface area contributed by atoms with E-state index in [1.807, 2.05) is 55.5 Å². The predicted molar refractivity (Wildman–Crippen MR) is 170 cm³/mol. The van der Waals surface area contributed by atoms with Gasteiger partial charge >= 0.3 is 6.09 Å². The number of nitrogens with zero attached hydrogens (tertiary/aromatic N) is 1. The van der Waals surface area contributed by atoms with Crippen molar-refractivity contribution in [2.24, 2.45) is 11.7 Å². The first-order chi connectivity index (χ1) is 20.2. The first-order valence-corrected chi connectivity index (χ1v) is 14.9. The second kappa shape index (κ2) is 16.5. The second-order valence-corrected chi connectivity index (χ2v) is 12.2. The lowest BCUT2D eigenvalue weighted by atomic mass is 9.95. The number of ether oxygens (including phenoxy) is 1. The van der Waals surface area contributed by atoms with Crippen molar-refractivity contribution in [2.45, 2.75) is 97.5 Å². The number of nitrogens with one attached hydrogen (secondary N) is 2. The quantitative estimate of drug-likeness (QED) is 0.251. The highest BCUT2D eigenvalue weighted by molar-refractivity contribution is 5.92. The maximum Gasteiger partial charge on any atom is 0.408 e. The van der Waals surface area contributed by atoms with Crippen LogP contribution in [-0.2, 0) is 25.7 Å². The van der Waals surface area contributed by atoms with Crippen LogP contribution in [0.4, 0.5) is 4.79 Å². The van der Waals surface area contributed by atoms with Gasteiger partial charge in [-0.2, -0.15) is 0 Å². The van der Waals surface area contributed by atoms with Gasteiger partial charge in [0.05, 0.1) is 0 Å². The van der Waals surface area contributed by atoms with Gasteiger partial charge in [0.25, 0.3) is 0 Å². The van der Waals surface area contributed by atoms with Crippen molar-refractivity contribution in [2.75, 3.05) is 0 Å². The number of carbonyl (C=O) groups excluding carboxylic acids is 4. The van der Waals surface area contributed by atoms with Gasteiger partial charge in [0.1, 0.15) is 17.7 Å². The zero-order valence-corrected chi connectivity index (χ0v) is 26.4. The lowest BCUT2D eigenvalue weighted by Gasteiger charge is -2.39. The maximum absolute atomic E-state index is 14.5. The highest BCUT2D eigenvalue weighted by Crippen LogP contribution is 2.29. The molecule has 9 heteroatoms. The average Bonchev–Trinajstić information content (AvgIpc) is 2.94. The predicted octanol–water partition coefficient (Wildman–Crippen LogP) is 5.50. The van der Waals surface area contributed by atoms with Gasteiger partial charge in [-0.3, -0.25) is 14.4 Å². The molecule has 2 aromatic rings. The minimum Gasteiger partial charge on any atom is -0.444 e. The highest BCUT2D eigenvalue weighted by atomic mass is 16.6. The SMILES string of the molecule is C=Cc1cccc(C(C(=O)NCc2ccccc2)N(C(=O)C(CCC(N)=O)NC(=O)OC(C)(C)C)C(C)CCC(C)C)c1. The van der Waals surface area contributed by atoms with Crippen molar-refractivity contribution in [3.8, 4) is 0 Å². The zero-order valence-electron chi connectivity index (χ0n) is 26.4. The van der Waals surface area contributed by atoms with Crippen LogP contribution in [0.25, 0.3) is 6.08 Å². The van der Waals surface area contributed by atoms with E-state index in [1.165, 1.54) is 4.90 Å². The number of nitrogens with two attached hydrogens (primary N) is 1. The van der Waals surface area contributed by atoms with Crippen LogP contribution in [0.15, 0.2) is 61.2 Å². The van der Waals surface area contributed by atoms with Gasteiger partial charge in [-0.25, -0.2) is 4.79 Å². The molecule has 3 atom stereocenters. The van der Waals surface area contributed by atoms with Crippen LogP contribution in [0, 0.1) is 5.92 Å². The van der Waals surface area contributed by atoms with E-state index in [0.717, 1.165) is 17.5 Å². The van der Waals surface area contributed by atoms with Gasteiger partial charge in [-0.05, 0) is 75.6 Å². The summed E-state index contributed by atoms with van der Waals surface area (Å²) in [4.78, 5) is 54.7. The van der Waals surface area contributed by atoms with Crippen molar-refractivity contribution < 1.29 is 23.9 Å². The molecule has 234 valence electrons. The Morgan fingerprint density at radius 1 is 0.977 bits per heavy atom. The highest BCUT2D eigenvalue weighted by Gasteiger charge is 2.39. The maximum atomic E-state index is 14.5. The fraction of sp³-hybridized carbons (Fsp3) is 0.471. The normalized spacial score (nSPS) is 13.4. The summed E-state index contributed by atoms with van der Waals surface area (Å²) in [5.41, 5.74) is 6.92. The number of hydrogen-bond donors (Lipinski definition) is 3. The van der Waals surface area contributed by atoms with E-state index >= 15 is 0 Å². The fourth-order valence-electron chi connectivity index (χ4n) is 4.66. The number of benzene rings is 2. The van der Waals surface area contributed by atoms with Gasteiger partial charge in [0, 0.05) is 19.0 Å². The van der Waals surface area contributed by atoms with Gasteiger partial charge in [-0.15, -0.1) is 0 Å². The molecule has 4 N–H and O–H groups in total. The van der Waals surface area contributed by atoms with Crippen LogP contribution >= 0.6 is 0 Å². The minimum atomic E-state index is -1.16. The standard InChI is InChI=1S/C34H48N4O5/c1-8-25-15-12-16-27(21-25)30(31(40)36-22-26-13-10-9-11-14-26)38(24(4)18-17-23(2)3)32(41)28(19-20-29(35)39)37-33(42)43-34(5,6)7/h8-16,21,23-24,28,30H,1,17-20,22H2,2-7H3,(H2,35,39)(H,36,40)(H,37,42). The van der Waals surface area contributed by atoms with E-state index in [1.54, 1.807) is 32.9 Å². The Balaban J connectivity index is 2.61. The topological polar surface area (TPSA) is 131 Å². The fourth-order valence-corrected chi connectivity index (χ4v) is 4.66. The number of rotatable bonds is 15. The van der Waals surface area contributed by atoms with Gasteiger partial charge in [-0.1, -0.05) is 75.0 Å². The van der Waals surface area contributed by atoms with Crippen molar-refractivity contribution in [3.05, 3.63) is 77.9 Å². The number of primary amides is 1. The molecule has 3 unspecified atom stereocenters. The molecule has 4 amide bonds. The Kier molecular flexibility index (Phi) is 13.4. The molecule has 0 aliphatic rings. The van der Waals surface area contributed by atoms with Crippen molar-refractivity contribution >= 4 is 29.9 Å². The third-order valence-electron chi connectivity index (χ3n) is 6.86. The first-order valence-electron chi connectivity index (χ1n) is 14.9. The molecule has 0 aromatic heterocycles. The number of hydrogen-bond acceptors (Lipinski definition) is 5. The summed E-state index contributed by atoms with van der Waals surface area (Å²) in [5.74, 6) is -1.13. The monoisotopic (exact) mass is 592 g/mol. The van der Waals surface area contributed by atoms with Crippen molar-refractivity contribution in [1.82, 2.24) is 15.5 Å². The van der Waals surface area contributed by atoms with Crippen LogP contribution in [0.3, 0.4) is 0 Å². The molecule has 0 saturated heterocycles. The summed E-state index contributed by atoms with van der Waals surface area (Å²) >= 11 is 0. The molecule has 0 saturated carbocycles. The van der Waals surface area contributed by atoms with Gasteiger partial charge in [0.15, 0.2) is 0 Å². The molecule has 0 radical (unpaired) electrons. The molecular weight excluding hydrogens is 544 g/mol. The minimum absolute atomic E-state index is 0.0497. The Morgan fingerprint density at radius 2 is 1.65 bits per heavy atom. The average molecular weight is 593 g/mol. The molecule has 9 nitrogen and oxygen atoms in total. The summed E-state index contributed by atoms with van der Waals surface area (Å²) in [7, 11) is 0. The van der Waals surface area contributed by atoms with E-state index < -0.39 is 41.6 Å². The third-order valence-corrected chi connectivity index (χ3v) is 6.86. The first kappa shape index (κ1) is 35.1. The molecule has 0 aliphatic carbocycles. The number of amides is 4. The van der Waals surface area contributed by atoms with E-state index in [0.29, 0.717) is 17.9 Å². The lowest BCUT2D eigenvalue weighted by molar-refractivity contribution is -0.145. The Hall–Kier alpha value is -4.14. The Morgan fingerprint density at radius 3 is 2.23 bits per heavy atom. The second-order valence-electron chi connectivity index (χ2n) is 12.2. The van der Waals surface area contributed by atoms with E-state index in [-0.39, 0.29) is 25.3 Å². The zero-order chi connectivity index (χ0) is 32.2. The Bertz CT molecular complexity index is 1240. The van der Waals surface area contributed by atoms with Crippen molar-refractivity contribution in [1.29, 1.82) is 0 Å². The third kappa shape index (κ3) is 11.9. The van der Waals surface area contributed by atoms with E-state index in [9.17, 15) is 19.2 Å². The van der Waals surface area contributed by atoms with Gasteiger partial charge in [0.2, 0.25) is 17.7 Å². The summed E-state index contributed by atoms with van der Waals surface area (Å²) in [5, 5.41) is 5.65. The van der Waals surface area contributed by atoms with Crippen LogP contribution in [0.5, 0.6) is 0 Å². The van der Waals surface area contributed by atoms with E-state index in [4.69, 9.17) is 10.5 Å². The number of carbonyl (C=O) groups is 4. The largest absolute Gasteiger partial charge is 0.444 e. The van der Waals surface area contributed by atoms with Crippen LogP contribution in [0.1, 0.15) is 90.0 Å². The van der Waals surface area contributed by atoms with Crippen LogP contribution < -0.4 is 16.4 Å². The van der Waals surface area contributed by atoms with Crippen LogP contribution in [0.2, 0.25) is 0 Å². The summed E-state index contributed by atoms with van der Waals surface area (Å²) < 4.78 is 5.43. The van der Waals surface area contributed by atoms with Crippen LogP contribution in [-0.4, -0.2) is 46.4 Å². The summed E-state index contributed by atoms with van der Waals surface area (Å²) in [6.45, 7) is 15.4. The summed E-state index contributed by atoms with van der Waals surface area (Å²) in [6, 6.07) is 14.2. The molecule has 0 aliphatic heterocycles. The molecule has 0 heterocycles. The molecular formula is C34H48N4O5. The molecule has 2 aromatic carbocycles. The molecule has 2 rings (SSSR count). The molecule has 0 spiro atoms. The Labute approximate surface area is 256 Å². The van der Waals surface area contributed by atoms with Crippen molar-refractivity contribution in [3.63, 3.8) is 0 Å². The molecule has 43 heavy (non-hydrogen) atoms.